The van der Waals surface area contributed by atoms with Crippen LogP contribution in [0.5, 0.6) is 11.5 Å². The summed E-state index contributed by atoms with van der Waals surface area (Å²) in [5, 5.41) is 29.1. The van der Waals surface area contributed by atoms with Crippen LogP contribution < -0.4 is 30.1 Å². The Morgan fingerprint density at radius 1 is 1.03 bits per heavy atom. The number of urea groups is 1. The Labute approximate surface area is 399 Å². The molecule has 2 aromatic heterocycles. The minimum absolute atomic E-state index is 0.0227. The Hall–Kier alpha value is -6.38. The fourth-order valence-corrected chi connectivity index (χ4v) is 11.0. The first-order valence-corrected chi connectivity index (χ1v) is 23.8. The third-order valence-corrected chi connectivity index (χ3v) is 15.2. The highest BCUT2D eigenvalue weighted by Crippen LogP contribution is 2.42. The molecule has 22 heteroatoms. The summed E-state index contributed by atoms with van der Waals surface area (Å²) in [6, 6.07) is 11.5. The number of hydrogen-bond acceptors (Lipinski definition) is 15. The quantitative estimate of drug-likeness (QED) is 0.147. The van der Waals surface area contributed by atoms with Gasteiger partial charge in [-0.05, 0) is 81.0 Å². The number of benzene rings is 3. The number of nitrogens with one attached hydrogen (secondary N) is 2. The zero-order valence-corrected chi connectivity index (χ0v) is 38.9. The van der Waals surface area contributed by atoms with E-state index in [2.05, 4.69) is 30.5 Å². The number of anilines is 3. The SMILES string of the molecule is COC1CCN(SNc2ccc(F)c(Oc3ccc4ncn(C5COC6(CCN(C(=O)CC7(O)CCN(c8cc9c(cc8F)c(N8CCC(=O)NC8=O)nn9C)CC7)CC6)C5)c(=O)c4c3)c2C#N)C1. The van der Waals surface area contributed by atoms with Crippen LogP contribution in [-0.2, 0) is 26.1 Å². The fraction of sp³-hybridized carbons (Fsp3) is 0.468. The lowest BCUT2D eigenvalue weighted by Gasteiger charge is -2.42. The molecule has 3 aromatic carbocycles. The highest BCUT2D eigenvalue weighted by Gasteiger charge is 2.45. The molecule has 5 aliphatic rings. The number of likely N-dealkylation sites (tertiary alicyclic amines) is 1. The fourth-order valence-electron chi connectivity index (χ4n) is 10.2. The third-order valence-electron chi connectivity index (χ3n) is 14.3. The van der Waals surface area contributed by atoms with Crippen molar-refractivity contribution in [3.05, 3.63) is 76.3 Å². The van der Waals surface area contributed by atoms with E-state index in [-0.39, 0.29) is 96.6 Å². The number of aryl methyl sites for hydroxylation is 1. The summed E-state index contributed by atoms with van der Waals surface area (Å²) in [5.41, 5.74) is -0.469. The summed E-state index contributed by atoms with van der Waals surface area (Å²) in [4.78, 5) is 61.4. The lowest BCUT2D eigenvalue weighted by molar-refractivity contribution is -0.142. The molecule has 362 valence electrons. The van der Waals surface area contributed by atoms with E-state index in [1.54, 1.807) is 46.5 Å². The number of nitriles is 1. The molecule has 5 fully saturated rings. The first-order chi connectivity index (χ1) is 33.2. The number of imide groups is 1. The van der Waals surface area contributed by atoms with Gasteiger partial charge in [-0.2, -0.15) is 10.4 Å². The van der Waals surface area contributed by atoms with E-state index in [9.17, 15) is 29.5 Å². The number of fused-ring (bicyclic) bond motifs is 2. The second-order valence-corrected chi connectivity index (χ2v) is 19.4. The lowest BCUT2D eigenvalue weighted by Crippen LogP contribution is -2.51. The second-order valence-electron chi connectivity index (χ2n) is 18.5. The number of rotatable bonds is 11. The highest BCUT2D eigenvalue weighted by molar-refractivity contribution is 7.98. The minimum atomic E-state index is -1.28. The summed E-state index contributed by atoms with van der Waals surface area (Å²) < 4.78 is 57.1. The Balaban J connectivity index is 0.744. The number of aromatic nitrogens is 4. The van der Waals surface area contributed by atoms with Crippen molar-refractivity contribution in [3.63, 3.8) is 0 Å². The molecule has 0 radical (unpaired) electrons. The van der Waals surface area contributed by atoms with Gasteiger partial charge in [0, 0.05) is 83.9 Å². The summed E-state index contributed by atoms with van der Waals surface area (Å²) in [6.45, 7) is 3.32. The molecular formula is C47H51F2N11O8S. The molecule has 5 saturated heterocycles. The number of methoxy groups -OCH3 is 1. The van der Waals surface area contributed by atoms with Crippen molar-refractivity contribution in [2.45, 2.75) is 74.7 Å². The van der Waals surface area contributed by atoms with Gasteiger partial charge in [-0.25, -0.2) is 22.9 Å². The van der Waals surface area contributed by atoms with E-state index < -0.39 is 28.9 Å². The van der Waals surface area contributed by atoms with Crippen LogP contribution in [0.4, 0.5) is 30.8 Å². The average Bonchev–Trinajstić information content (AvgIpc) is 4.06. The van der Waals surface area contributed by atoms with Gasteiger partial charge >= 0.3 is 6.03 Å². The molecule has 3 N–H and O–H groups in total. The van der Waals surface area contributed by atoms with Crippen LogP contribution in [0.1, 0.15) is 63.0 Å². The maximum absolute atomic E-state index is 15.7. The van der Waals surface area contributed by atoms with Gasteiger partial charge in [0.05, 0.1) is 70.5 Å². The van der Waals surface area contributed by atoms with Crippen molar-refractivity contribution < 1.29 is 42.5 Å². The van der Waals surface area contributed by atoms with Gasteiger partial charge in [0.25, 0.3) is 5.56 Å². The zero-order chi connectivity index (χ0) is 48.2. The van der Waals surface area contributed by atoms with Crippen LogP contribution in [-0.4, -0.2) is 128 Å². The van der Waals surface area contributed by atoms with E-state index in [4.69, 9.17) is 14.2 Å². The Morgan fingerprint density at radius 3 is 2.57 bits per heavy atom. The lowest BCUT2D eigenvalue weighted by atomic mass is 9.85. The molecule has 10 rings (SSSR count). The van der Waals surface area contributed by atoms with Crippen LogP contribution in [0.3, 0.4) is 0 Å². The van der Waals surface area contributed by atoms with Crippen molar-refractivity contribution in [2.75, 3.05) is 74.1 Å². The number of carbonyl (C=O) groups excluding carboxylic acids is 3. The van der Waals surface area contributed by atoms with Crippen molar-refractivity contribution in [2.24, 2.45) is 7.05 Å². The summed E-state index contributed by atoms with van der Waals surface area (Å²) in [6.07, 6.45) is 4.62. The van der Waals surface area contributed by atoms with Gasteiger partial charge in [0.1, 0.15) is 23.2 Å². The van der Waals surface area contributed by atoms with Gasteiger partial charge in [0.2, 0.25) is 11.8 Å². The third kappa shape index (κ3) is 9.04. The monoisotopic (exact) mass is 967 g/mol. The van der Waals surface area contributed by atoms with E-state index in [0.717, 1.165) is 13.0 Å². The van der Waals surface area contributed by atoms with E-state index in [1.165, 1.54) is 47.6 Å². The largest absolute Gasteiger partial charge is 0.453 e. The van der Waals surface area contributed by atoms with Crippen molar-refractivity contribution >= 4 is 69.0 Å². The molecule has 69 heavy (non-hydrogen) atoms. The highest BCUT2D eigenvalue weighted by atomic mass is 32.2. The van der Waals surface area contributed by atoms with Crippen LogP contribution in [0.25, 0.3) is 21.8 Å². The number of piperidine rings is 2. The minimum Gasteiger partial charge on any atom is -0.453 e. The molecule has 19 nitrogen and oxygen atoms in total. The zero-order valence-electron chi connectivity index (χ0n) is 38.1. The first-order valence-electron chi connectivity index (χ1n) is 23.0. The number of hydrogen-bond donors (Lipinski definition) is 3. The molecule has 0 saturated carbocycles. The summed E-state index contributed by atoms with van der Waals surface area (Å²) in [7, 11) is 3.37. The van der Waals surface area contributed by atoms with Gasteiger partial charge in [-0.15, -0.1) is 0 Å². The maximum atomic E-state index is 15.7. The Kier molecular flexibility index (Phi) is 12.4. The number of nitrogens with zero attached hydrogens (tertiary/aromatic N) is 9. The van der Waals surface area contributed by atoms with Gasteiger partial charge in [-0.3, -0.25) is 33.8 Å². The van der Waals surface area contributed by atoms with E-state index in [1.807, 2.05) is 4.90 Å². The molecule has 1 spiro atoms. The van der Waals surface area contributed by atoms with Crippen LogP contribution >= 0.6 is 12.1 Å². The number of carbonyl (C=O) groups is 3. The molecule has 4 amide bonds. The van der Waals surface area contributed by atoms with E-state index >= 15 is 8.78 Å². The molecule has 5 aliphatic heterocycles. The first kappa shape index (κ1) is 46.4. The van der Waals surface area contributed by atoms with Crippen molar-refractivity contribution in [1.29, 1.82) is 5.26 Å². The van der Waals surface area contributed by atoms with Gasteiger partial charge in [0.15, 0.2) is 17.4 Å². The summed E-state index contributed by atoms with van der Waals surface area (Å²) >= 11 is 1.30. The van der Waals surface area contributed by atoms with Gasteiger partial charge < -0.3 is 33.8 Å². The maximum Gasteiger partial charge on any atom is 0.329 e. The van der Waals surface area contributed by atoms with Crippen molar-refractivity contribution in [3.8, 4) is 17.6 Å². The number of halogens is 2. The smallest absolute Gasteiger partial charge is 0.329 e. The standard InChI is InChI=1S/C47H51F2N11O8S/c1-55-38-21-39(35(49)20-32(38)43(53-55)59-14-8-40(61)52-45(59)64)56-15-9-46(65,10-16-56)23-41(62)57-17-11-47(12-18-57)22-28(26-67-47)60-27-51-36-5-3-29(19-31(36)44(60)63)68-42-33(24-50)37(6-4-34(42)48)54-69-58-13-7-30(25-58)66-2/h3-6,19-21,27-28,30,54,65H,7-18,22-23,25-26H2,1-2H3,(H,52,61,64). The van der Waals surface area contributed by atoms with Crippen LogP contribution in [0.15, 0.2) is 53.6 Å². The summed E-state index contributed by atoms with van der Waals surface area (Å²) in [5.74, 6) is -1.65. The molecule has 0 bridgehead atoms. The average molecular weight is 968 g/mol. The molecular weight excluding hydrogens is 917 g/mol. The molecule has 2 unspecified atom stereocenters. The molecule has 2 atom stereocenters. The molecule has 5 aromatic rings. The van der Waals surface area contributed by atoms with Crippen molar-refractivity contribution in [1.82, 2.24) is 33.9 Å². The predicted molar refractivity (Wildman–Crippen MR) is 251 cm³/mol. The van der Waals surface area contributed by atoms with Gasteiger partial charge in [-0.1, -0.05) is 0 Å². The normalized spacial score (nSPS) is 21.6. The molecule has 0 aliphatic carbocycles. The number of aliphatic hydroxyl groups is 1. The number of ether oxygens (including phenoxy) is 3. The Bertz CT molecular complexity index is 2970. The Morgan fingerprint density at radius 2 is 1.83 bits per heavy atom. The van der Waals surface area contributed by atoms with Crippen LogP contribution in [0.2, 0.25) is 0 Å². The number of amides is 4. The molecule has 7 heterocycles. The van der Waals surface area contributed by atoms with Crippen LogP contribution in [0, 0.1) is 23.0 Å². The topological polar surface area (TPSA) is 213 Å². The predicted octanol–water partition coefficient (Wildman–Crippen LogP) is 5.11. The second kappa shape index (κ2) is 18.5. The van der Waals surface area contributed by atoms with E-state index in [0.29, 0.717) is 79.8 Å².